The molecule has 0 aliphatic carbocycles. The lowest BCUT2D eigenvalue weighted by Gasteiger charge is -2.29. The summed E-state index contributed by atoms with van der Waals surface area (Å²) in [7, 11) is 0. The second-order valence-electron chi connectivity index (χ2n) is 13.0. The number of halogens is 1. The summed E-state index contributed by atoms with van der Waals surface area (Å²) in [5.74, 6) is -1.72. The fourth-order valence-electron chi connectivity index (χ4n) is 5.67. The van der Waals surface area contributed by atoms with Crippen LogP contribution in [0.5, 0.6) is 0 Å². The average molecular weight is 690 g/mol. The van der Waals surface area contributed by atoms with E-state index in [0.29, 0.717) is 42.2 Å². The molecular weight excluding hydrogens is 638 g/mol. The molecule has 4 amide bonds. The topological polar surface area (TPSA) is 134 Å². The quantitative estimate of drug-likeness (QED) is 0.135. The van der Waals surface area contributed by atoms with E-state index in [-0.39, 0.29) is 36.0 Å². The summed E-state index contributed by atoms with van der Waals surface area (Å²) in [6.45, 7) is 11.2. The van der Waals surface area contributed by atoms with Crippen molar-refractivity contribution in [3.8, 4) is 0 Å². The van der Waals surface area contributed by atoms with E-state index in [9.17, 15) is 19.2 Å². The molecule has 9 nitrogen and oxygen atoms in total. The van der Waals surface area contributed by atoms with Crippen molar-refractivity contribution >= 4 is 35.2 Å². The van der Waals surface area contributed by atoms with Crippen LogP contribution in [0.25, 0.3) is 0 Å². The van der Waals surface area contributed by atoms with Gasteiger partial charge in [0.2, 0.25) is 11.8 Å². The normalized spacial score (nSPS) is 13.6. The lowest BCUT2D eigenvalue weighted by atomic mass is 9.91. The first-order valence-corrected chi connectivity index (χ1v) is 17.6. The van der Waals surface area contributed by atoms with Gasteiger partial charge in [-0.05, 0) is 73.1 Å². The van der Waals surface area contributed by atoms with Gasteiger partial charge in [0, 0.05) is 53.8 Å². The highest BCUT2D eigenvalue weighted by atomic mass is 35.5. The standard InChI is InChI=1S/C39H52ClN5O4/c1-6-20-45(21-7-2)39(49)31-15-11-14-30(24-31)37(47)43-34(23-28-16-18-32(40)19-17-28)33(41)22-27(5)36(46)44-35(26(3)4)38(48)42-25-29-12-9-8-10-13-29/h8-19,24,26-27,33-35H,6-7,20-23,25,41H2,1-5H3,(H,42,48)(H,43,47)(H,44,46). The zero-order valence-electron chi connectivity index (χ0n) is 29.4. The second kappa shape index (κ2) is 19.7. The smallest absolute Gasteiger partial charge is 0.253 e. The maximum absolute atomic E-state index is 13.6. The average Bonchev–Trinajstić information content (AvgIpc) is 3.09. The largest absolute Gasteiger partial charge is 0.350 e. The third-order valence-electron chi connectivity index (χ3n) is 8.48. The molecule has 3 aromatic rings. The number of hydrogen-bond acceptors (Lipinski definition) is 5. The van der Waals surface area contributed by atoms with Crippen molar-refractivity contribution < 1.29 is 19.2 Å². The molecular formula is C39H52ClN5O4. The van der Waals surface area contributed by atoms with Gasteiger partial charge in [-0.1, -0.05) is 94.8 Å². The van der Waals surface area contributed by atoms with E-state index in [4.69, 9.17) is 17.3 Å². The molecule has 0 aromatic heterocycles. The Labute approximate surface area is 296 Å². The van der Waals surface area contributed by atoms with Crippen LogP contribution in [0.1, 0.15) is 85.7 Å². The minimum Gasteiger partial charge on any atom is -0.350 e. The van der Waals surface area contributed by atoms with Gasteiger partial charge >= 0.3 is 0 Å². The number of hydrogen-bond donors (Lipinski definition) is 4. The maximum atomic E-state index is 13.6. The summed E-state index contributed by atoms with van der Waals surface area (Å²) in [5.41, 5.74) is 9.42. The Balaban J connectivity index is 1.73. The number of nitrogens with two attached hydrogens (primary N) is 1. The summed E-state index contributed by atoms with van der Waals surface area (Å²) in [4.78, 5) is 55.2. The van der Waals surface area contributed by atoms with Crippen molar-refractivity contribution in [3.05, 3.63) is 106 Å². The van der Waals surface area contributed by atoms with Gasteiger partial charge < -0.3 is 26.6 Å². The highest BCUT2D eigenvalue weighted by Gasteiger charge is 2.29. The lowest BCUT2D eigenvalue weighted by molar-refractivity contribution is -0.132. The SMILES string of the molecule is CCCN(CCC)C(=O)c1cccc(C(=O)NC(Cc2ccc(Cl)cc2)C(N)CC(C)C(=O)NC(C(=O)NCc2ccccc2)C(C)C)c1. The Morgan fingerprint density at radius 2 is 1.41 bits per heavy atom. The van der Waals surface area contributed by atoms with Gasteiger partial charge in [-0.15, -0.1) is 0 Å². The maximum Gasteiger partial charge on any atom is 0.253 e. The lowest BCUT2D eigenvalue weighted by Crippen LogP contribution is -2.53. The molecule has 4 atom stereocenters. The third kappa shape index (κ3) is 12.3. The van der Waals surface area contributed by atoms with Gasteiger partial charge in [0.05, 0.1) is 0 Å². The Bertz CT molecular complexity index is 1510. The first kappa shape index (κ1) is 39.2. The molecule has 5 N–H and O–H groups in total. The fourth-order valence-corrected chi connectivity index (χ4v) is 5.80. The number of carbonyl (C=O) groups is 4. The van der Waals surface area contributed by atoms with Crippen LogP contribution >= 0.6 is 11.6 Å². The van der Waals surface area contributed by atoms with E-state index in [1.807, 2.05) is 70.2 Å². The summed E-state index contributed by atoms with van der Waals surface area (Å²) < 4.78 is 0. The zero-order valence-corrected chi connectivity index (χ0v) is 30.1. The molecule has 4 unspecified atom stereocenters. The summed E-state index contributed by atoms with van der Waals surface area (Å²) in [6, 6.07) is 21.7. The van der Waals surface area contributed by atoms with Crippen molar-refractivity contribution in [1.29, 1.82) is 0 Å². The van der Waals surface area contributed by atoms with Gasteiger partial charge in [-0.2, -0.15) is 0 Å². The van der Waals surface area contributed by atoms with E-state index in [0.717, 1.165) is 24.0 Å². The molecule has 0 saturated carbocycles. The number of amides is 4. The Morgan fingerprint density at radius 1 is 0.776 bits per heavy atom. The number of carbonyl (C=O) groups excluding carboxylic acids is 4. The predicted molar refractivity (Wildman–Crippen MR) is 196 cm³/mol. The molecule has 0 bridgehead atoms. The molecule has 0 heterocycles. The van der Waals surface area contributed by atoms with E-state index < -0.39 is 24.0 Å². The monoisotopic (exact) mass is 689 g/mol. The molecule has 0 fully saturated rings. The minimum absolute atomic E-state index is 0.110. The van der Waals surface area contributed by atoms with Crippen molar-refractivity contribution in [2.45, 2.75) is 85.0 Å². The summed E-state index contributed by atoms with van der Waals surface area (Å²) in [6.07, 6.45) is 2.33. The van der Waals surface area contributed by atoms with Crippen LogP contribution in [0.3, 0.4) is 0 Å². The molecule has 49 heavy (non-hydrogen) atoms. The van der Waals surface area contributed by atoms with Gasteiger partial charge in [0.1, 0.15) is 6.04 Å². The zero-order chi connectivity index (χ0) is 35.9. The Kier molecular flexibility index (Phi) is 15.8. The van der Waals surface area contributed by atoms with Crippen molar-refractivity contribution in [2.24, 2.45) is 17.6 Å². The van der Waals surface area contributed by atoms with Crippen molar-refractivity contribution in [1.82, 2.24) is 20.9 Å². The fraction of sp³-hybridized carbons (Fsp3) is 0.436. The van der Waals surface area contributed by atoms with Crippen molar-refractivity contribution in [2.75, 3.05) is 13.1 Å². The number of benzene rings is 3. The van der Waals surface area contributed by atoms with E-state index >= 15 is 0 Å². The van der Waals surface area contributed by atoms with Crippen molar-refractivity contribution in [3.63, 3.8) is 0 Å². The first-order chi connectivity index (χ1) is 23.4. The van der Waals surface area contributed by atoms with Crippen LogP contribution in [0.15, 0.2) is 78.9 Å². The molecule has 0 radical (unpaired) electrons. The Morgan fingerprint density at radius 3 is 2.02 bits per heavy atom. The van der Waals surface area contributed by atoms with Crippen LogP contribution in [-0.4, -0.2) is 59.7 Å². The van der Waals surface area contributed by atoms with Gasteiger partial charge in [0.25, 0.3) is 11.8 Å². The van der Waals surface area contributed by atoms with Gasteiger partial charge in [-0.3, -0.25) is 19.2 Å². The van der Waals surface area contributed by atoms with E-state index in [2.05, 4.69) is 16.0 Å². The van der Waals surface area contributed by atoms with Crippen LogP contribution in [0.2, 0.25) is 5.02 Å². The molecule has 10 heteroatoms. The van der Waals surface area contributed by atoms with Gasteiger partial charge in [-0.25, -0.2) is 0 Å². The number of nitrogens with zero attached hydrogens (tertiary/aromatic N) is 1. The van der Waals surface area contributed by atoms with Crippen LogP contribution in [0.4, 0.5) is 0 Å². The number of nitrogens with one attached hydrogen (secondary N) is 3. The molecule has 3 rings (SSSR count). The molecule has 264 valence electrons. The molecule has 0 saturated heterocycles. The highest BCUT2D eigenvalue weighted by molar-refractivity contribution is 6.30. The predicted octanol–water partition coefficient (Wildman–Crippen LogP) is 5.75. The highest BCUT2D eigenvalue weighted by Crippen LogP contribution is 2.17. The van der Waals surface area contributed by atoms with E-state index in [1.165, 1.54) is 0 Å². The van der Waals surface area contributed by atoms with Crippen LogP contribution in [0, 0.1) is 11.8 Å². The van der Waals surface area contributed by atoms with Crippen LogP contribution < -0.4 is 21.7 Å². The number of rotatable bonds is 18. The summed E-state index contributed by atoms with van der Waals surface area (Å²) >= 11 is 6.12. The third-order valence-corrected chi connectivity index (χ3v) is 8.73. The van der Waals surface area contributed by atoms with E-state index in [1.54, 1.807) is 48.2 Å². The molecule has 0 aliphatic heterocycles. The second-order valence-corrected chi connectivity index (χ2v) is 13.5. The Hall–Kier alpha value is -4.21. The molecule has 0 aliphatic rings. The van der Waals surface area contributed by atoms with Gasteiger partial charge in [0.15, 0.2) is 0 Å². The molecule has 0 spiro atoms. The van der Waals surface area contributed by atoms with Crippen LogP contribution in [-0.2, 0) is 22.6 Å². The first-order valence-electron chi connectivity index (χ1n) is 17.3. The summed E-state index contributed by atoms with van der Waals surface area (Å²) in [5, 5.41) is 9.51. The molecule has 3 aromatic carbocycles. The minimum atomic E-state index is -0.722.